The summed E-state index contributed by atoms with van der Waals surface area (Å²) in [6, 6.07) is 0. The molecule has 0 aromatic carbocycles. The lowest BCUT2D eigenvalue weighted by Crippen LogP contribution is -2.30. The number of rotatable bonds is 2. The molecule has 0 bridgehead atoms. The van der Waals surface area contributed by atoms with Crippen molar-refractivity contribution in [1.29, 1.82) is 0 Å². The van der Waals surface area contributed by atoms with Crippen LogP contribution in [-0.4, -0.2) is 102 Å². The number of esters is 1. The fraction of sp³-hybridized carbons (Fsp3) is 0.639. The van der Waals surface area contributed by atoms with Gasteiger partial charge in [-0.1, -0.05) is 94.0 Å². The summed E-state index contributed by atoms with van der Waals surface area (Å²) in [4.78, 5) is 12.5. The van der Waals surface area contributed by atoms with Gasteiger partial charge in [-0.15, -0.1) is 0 Å². The Morgan fingerprint density at radius 1 is 0.630 bits per heavy atom. The Morgan fingerprint density at radius 3 is 1.52 bits per heavy atom. The van der Waals surface area contributed by atoms with Gasteiger partial charge in [-0.25, -0.2) is 4.79 Å². The molecule has 8 N–H and O–H groups in total. The SMILES string of the molecule is CCC(C)C1OC(=O)/C=C/C=C/C=C/C=C/C=C/CC(O)CC(O)CC(O)CC(O)CC(O)CC(O)CC(O)CC(O)/C=C/C1C. The first-order valence-corrected chi connectivity index (χ1v) is 16.5. The molecule has 0 aromatic rings. The van der Waals surface area contributed by atoms with Crippen LogP contribution in [0.4, 0.5) is 0 Å². The highest BCUT2D eigenvalue weighted by Gasteiger charge is 2.26. The molecular weight excluding hydrogens is 592 g/mol. The van der Waals surface area contributed by atoms with Crippen LogP contribution in [0.15, 0.2) is 72.9 Å². The van der Waals surface area contributed by atoms with Crippen molar-refractivity contribution in [3.05, 3.63) is 72.9 Å². The molecule has 1 aliphatic rings. The molecule has 10 nitrogen and oxygen atoms in total. The topological polar surface area (TPSA) is 188 Å². The zero-order chi connectivity index (χ0) is 34.5. The summed E-state index contributed by atoms with van der Waals surface area (Å²) in [5.41, 5.74) is 0. The molecule has 262 valence electrons. The maximum Gasteiger partial charge on any atom is 0.331 e. The third-order valence-corrected chi connectivity index (χ3v) is 7.94. The molecule has 0 radical (unpaired) electrons. The minimum Gasteiger partial charge on any atom is -0.458 e. The maximum absolute atomic E-state index is 12.5. The number of hydrogen-bond donors (Lipinski definition) is 8. The minimum absolute atomic E-state index is 0.0475. The van der Waals surface area contributed by atoms with Gasteiger partial charge in [-0.05, 0) is 50.9 Å². The first-order chi connectivity index (χ1) is 21.8. The van der Waals surface area contributed by atoms with Crippen molar-refractivity contribution in [2.45, 2.75) is 133 Å². The number of carbonyl (C=O) groups is 1. The monoisotopic (exact) mass is 650 g/mol. The second kappa shape index (κ2) is 23.8. The highest BCUT2D eigenvalue weighted by molar-refractivity contribution is 5.82. The number of hydrogen-bond acceptors (Lipinski definition) is 10. The van der Waals surface area contributed by atoms with Crippen LogP contribution in [0.25, 0.3) is 0 Å². The van der Waals surface area contributed by atoms with Gasteiger partial charge in [0.05, 0.1) is 48.8 Å². The zero-order valence-corrected chi connectivity index (χ0v) is 27.5. The highest BCUT2D eigenvalue weighted by Crippen LogP contribution is 2.22. The van der Waals surface area contributed by atoms with Gasteiger partial charge in [0.1, 0.15) is 6.10 Å². The van der Waals surface area contributed by atoms with Gasteiger partial charge in [-0.2, -0.15) is 0 Å². The Bertz CT molecular complexity index is 1000. The molecule has 0 saturated carbocycles. The van der Waals surface area contributed by atoms with Crippen LogP contribution in [-0.2, 0) is 9.53 Å². The van der Waals surface area contributed by atoms with E-state index in [-0.39, 0.29) is 56.8 Å². The summed E-state index contributed by atoms with van der Waals surface area (Å²) < 4.78 is 5.73. The quantitative estimate of drug-likeness (QED) is 0.163. The Hall–Kier alpha value is -2.41. The smallest absolute Gasteiger partial charge is 0.331 e. The Balaban J connectivity index is 2.97. The largest absolute Gasteiger partial charge is 0.458 e. The predicted molar refractivity (Wildman–Crippen MR) is 178 cm³/mol. The predicted octanol–water partition coefficient (Wildman–Crippen LogP) is 2.94. The molecule has 0 spiro atoms. The van der Waals surface area contributed by atoms with Gasteiger partial charge in [0.15, 0.2) is 0 Å². The van der Waals surface area contributed by atoms with E-state index in [0.717, 1.165) is 6.42 Å². The molecule has 1 heterocycles. The van der Waals surface area contributed by atoms with E-state index in [1.54, 1.807) is 60.8 Å². The molecule has 10 heteroatoms. The third-order valence-electron chi connectivity index (χ3n) is 7.94. The first-order valence-electron chi connectivity index (χ1n) is 16.5. The average molecular weight is 651 g/mol. The summed E-state index contributed by atoms with van der Waals surface area (Å²) in [5, 5.41) is 82.6. The second-order valence-corrected chi connectivity index (χ2v) is 12.5. The van der Waals surface area contributed by atoms with Crippen molar-refractivity contribution in [1.82, 2.24) is 0 Å². The van der Waals surface area contributed by atoms with Crippen LogP contribution in [0.3, 0.4) is 0 Å². The van der Waals surface area contributed by atoms with E-state index in [1.807, 2.05) is 20.8 Å². The Labute approximate surface area is 274 Å². The van der Waals surface area contributed by atoms with Gasteiger partial charge in [0, 0.05) is 18.4 Å². The number of ether oxygens (including phenoxy) is 1. The molecule has 0 fully saturated rings. The van der Waals surface area contributed by atoms with Gasteiger partial charge < -0.3 is 45.6 Å². The van der Waals surface area contributed by atoms with Crippen molar-refractivity contribution < 1.29 is 50.4 Å². The van der Waals surface area contributed by atoms with Crippen molar-refractivity contribution in [2.75, 3.05) is 0 Å². The number of carbonyl (C=O) groups excluding carboxylic acids is 1. The normalized spacial score (nSPS) is 39.3. The molecule has 11 atom stereocenters. The molecular formula is C36H58O10. The van der Waals surface area contributed by atoms with Gasteiger partial charge in [0.25, 0.3) is 0 Å². The fourth-order valence-electron chi connectivity index (χ4n) is 5.31. The van der Waals surface area contributed by atoms with E-state index in [9.17, 15) is 45.6 Å². The Kier molecular flexibility index (Phi) is 21.6. The van der Waals surface area contributed by atoms with E-state index in [1.165, 1.54) is 12.2 Å². The molecule has 0 aromatic heterocycles. The standard InChI is InChI=1S/C36H58O10/c1-4-25(2)36-26(3)16-17-28(38)19-30(40)21-32(42)23-34(44)24-33(43)22-31(41)20-29(39)18-27(37)14-12-10-8-6-5-7-9-11-13-15-35(45)46-36/h5-13,15-17,25-34,36-44H,4,14,18-24H2,1-3H3/b7-5+,8-6+,11-9+,12-10+,15-13+,17-16+. The number of aliphatic hydroxyl groups excluding tert-OH is 8. The molecule has 1 aliphatic heterocycles. The summed E-state index contributed by atoms with van der Waals surface area (Å²) in [6.07, 6.45) is 12.3. The summed E-state index contributed by atoms with van der Waals surface area (Å²) in [7, 11) is 0. The summed E-state index contributed by atoms with van der Waals surface area (Å²) >= 11 is 0. The van der Waals surface area contributed by atoms with Crippen LogP contribution in [0.2, 0.25) is 0 Å². The highest BCUT2D eigenvalue weighted by atomic mass is 16.5. The van der Waals surface area contributed by atoms with Crippen molar-refractivity contribution in [3.63, 3.8) is 0 Å². The number of allylic oxidation sites excluding steroid dienone is 8. The Morgan fingerprint density at radius 2 is 1.04 bits per heavy atom. The van der Waals surface area contributed by atoms with E-state index in [0.29, 0.717) is 6.42 Å². The average Bonchev–Trinajstić information content (AvgIpc) is 2.95. The lowest BCUT2D eigenvalue weighted by Gasteiger charge is -2.27. The fourth-order valence-corrected chi connectivity index (χ4v) is 5.31. The van der Waals surface area contributed by atoms with Crippen molar-refractivity contribution in [3.8, 4) is 0 Å². The summed E-state index contributed by atoms with van der Waals surface area (Å²) in [6.45, 7) is 5.87. The number of cyclic esters (lactones) is 1. The molecule has 0 aliphatic carbocycles. The lowest BCUT2D eigenvalue weighted by molar-refractivity contribution is -0.147. The zero-order valence-electron chi connectivity index (χ0n) is 27.5. The third kappa shape index (κ3) is 20.0. The molecule has 0 amide bonds. The van der Waals surface area contributed by atoms with Crippen molar-refractivity contribution in [2.24, 2.45) is 11.8 Å². The second-order valence-electron chi connectivity index (χ2n) is 12.5. The van der Waals surface area contributed by atoms with E-state index < -0.39 is 60.9 Å². The molecule has 0 saturated heterocycles. The van der Waals surface area contributed by atoms with Gasteiger partial charge in [-0.3, -0.25) is 0 Å². The van der Waals surface area contributed by atoms with E-state index >= 15 is 0 Å². The van der Waals surface area contributed by atoms with Gasteiger partial charge in [0.2, 0.25) is 0 Å². The molecule has 1 rings (SSSR count). The number of aliphatic hydroxyl groups is 8. The van der Waals surface area contributed by atoms with Crippen molar-refractivity contribution >= 4 is 5.97 Å². The van der Waals surface area contributed by atoms with E-state index in [4.69, 9.17) is 4.74 Å². The summed E-state index contributed by atoms with van der Waals surface area (Å²) in [5.74, 6) is -0.648. The van der Waals surface area contributed by atoms with Crippen LogP contribution in [0, 0.1) is 11.8 Å². The molecule has 11 unspecified atom stereocenters. The van der Waals surface area contributed by atoms with Crippen LogP contribution in [0.5, 0.6) is 0 Å². The maximum atomic E-state index is 12.5. The van der Waals surface area contributed by atoms with Crippen LogP contribution in [0.1, 0.15) is 78.6 Å². The molecule has 46 heavy (non-hydrogen) atoms. The van der Waals surface area contributed by atoms with Crippen LogP contribution >= 0.6 is 0 Å². The first kappa shape index (κ1) is 41.6. The van der Waals surface area contributed by atoms with Gasteiger partial charge >= 0.3 is 5.97 Å². The van der Waals surface area contributed by atoms with Crippen LogP contribution < -0.4 is 0 Å². The van der Waals surface area contributed by atoms with E-state index in [2.05, 4.69) is 0 Å². The lowest BCUT2D eigenvalue weighted by atomic mass is 9.90. The minimum atomic E-state index is -1.10.